The fraction of sp³-hybridized carbons (Fsp3) is 1.00. The highest BCUT2D eigenvalue weighted by molar-refractivity contribution is 7.90. The van der Waals surface area contributed by atoms with E-state index in [2.05, 4.69) is 0 Å². The molecule has 4 bridgehead atoms. The van der Waals surface area contributed by atoms with E-state index in [1.54, 1.807) is 0 Å². The Labute approximate surface area is 116 Å². The van der Waals surface area contributed by atoms with Crippen molar-refractivity contribution in [2.45, 2.75) is 57.5 Å². The summed E-state index contributed by atoms with van der Waals surface area (Å²) in [5.74, 6) is 2.75. The van der Waals surface area contributed by atoms with Crippen LogP contribution in [0.2, 0.25) is 0 Å². The third kappa shape index (κ3) is 2.85. The fourth-order valence-electron chi connectivity index (χ4n) is 5.43. The van der Waals surface area contributed by atoms with Crippen molar-refractivity contribution in [2.24, 2.45) is 23.2 Å². The molecule has 0 aromatic rings. The van der Waals surface area contributed by atoms with Crippen LogP contribution in [0.5, 0.6) is 0 Å². The molecule has 1 unspecified atom stereocenters. The number of rotatable bonds is 5. The zero-order valence-corrected chi connectivity index (χ0v) is 12.7. The van der Waals surface area contributed by atoms with Gasteiger partial charge in [0.1, 0.15) is 9.84 Å². The molecule has 4 saturated carbocycles. The normalized spacial score (nSPS) is 42.5. The van der Waals surface area contributed by atoms with Crippen molar-refractivity contribution in [3.63, 3.8) is 0 Å². The molecule has 0 amide bonds. The van der Waals surface area contributed by atoms with E-state index in [1.165, 1.54) is 44.8 Å². The predicted octanol–water partition coefficient (Wildman–Crippen LogP) is 2.39. The lowest BCUT2D eigenvalue weighted by Crippen LogP contribution is -2.51. The summed E-state index contributed by atoms with van der Waals surface area (Å²) in [6.07, 6.45) is 10.0. The van der Waals surface area contributed by atoms with E-state index >= 15 is 0 Å². The van der Waals surface area contributed by atoms with Crippen LogP contribution in [-0.2, 0) is 9.84 Å². The third-order valence-corrected chi connectivity index (χ3v) is 6.82. The maximum atomic E-state index is 11.2. The number of sulfone groups is 1. The first kappa shape index (κ1) is 13.9. The molecule has 19 heavy (non-hydrogen) atoms. The van der Waals surface area contributed by atoms with Gasteiger partial charge in [0.25, 0.3) is 0 Å². The Morgan fingerprint density at radius 2 is 1.58 bits per heavy atom. The molecule has 110 valence electrons. The Kier molecular flexibility index (Phi) is 3.45. The van der Waals surface area contributed by atoms with Gasteiger partial charge in [-0.15, -0.1) is 0 Å². The molecule has 1 atom stereocenters. The standard InChI is InChI=1S/C15H26O3S/c1-19(17,18)4-2-3-14(16)15-8-11-5-12(9-15)7-13(6-11)10-15/h11-14,16H,2-10H2,1H3. The monoisotopic (exact) mass is 286 g/mol. The van der Waals surface area contributed by atoms with Crippen LogP contribution in [0.15, 0.2) is 0 Å². The number of aliphatic hydroxyl groups excluding tert-OH is 1. The SMILES string of the molecule is CS(=O)(=O)CCCC(O)C12CC3CC(CC(C3)C1)C2. The van der Waals surface area contributed by atoms with Crippen molar-refractivity contribution in [3.05, 3.63) is 0 Å². The van der Waals surface area contributed by atoms with Gasteiger partial charge in [0, 0.05) is 12.0 Å². The van der Waals surface area contributed by atoms with Crippen molar-refractivity contribution in [2.75, 3.05) is 12.0 Å². The smallest absolute Gasteiger partial charge is 0.147 e. The summed E-state index contributed by atoms with van der Waals surface area (Å²) in [5, 5.41) is 10.6. The summed E-state index contributed by atoms with van der Waals surface area (Å²) in [6, 6.07) is 0. The second-order valence-electron chi connectivity index (χ2n) is 7.57. The molecule has 0 aromatic carbocycles. The zero-order valence-electron chi connectivity index (χ0n) is 11.8. The summed E-state index contributed by atoms with van der Waals surface area (Å²) < 4.78 is 22.4. The molecule has 4 aliphatic rings. The minimum absolute atomic E-state index is 0.145. The number of hydrogen-bond acceptors (Lipinski definition) is 3. The Morgan fingerprint density at radius 3 is 2.00 bits per heavy atom. The number of hydrogen-bond donors (Lipinski definition) is 1. The van der Waals surface area contributed by atoms with Gasteiger partial charge in [0.2, 0.25) is 0 Å². The first-order valence-electron chi connectivity index (χ1n) is 7.72. The predicted molar refractivity (Wildman–Crippen MR) is 75.6 cm³/mol. The molecule has 4 aliphatic carbocycles. The Bertz CT molecular complexity index is 405. The van der Waals surface area contributed by atoms with E-state index in [0.29, 0.717) is 12.8 Å². The molecule has 1 N–H and O–H groups in total. The highest BCUT2D eigenvalue weighted by Gasteiger charge is 2.53. The molecule has 4 fully saturated rings. The minimum atomic E-state index is -2.89. The molecule has 0 heterocycles. The van der Waals surface area contributed by atoms with Crippen LogP contribution in [0.1, 0.15) is 51.4 Å². The van der Waals surface area contributed by atoms with E-state index in [9.17, 15) is 13.5 Å². The van der Waals surface area contributed by atoms with E-state index in [-0.39, 0.29) is 17.3 Å². The summed E-state index contributed by atoms with van der Waals surface area (Å²) >= 11 is 0. The van der Waals surface area contributed by atoms with Crippen LogP contribution >= 0.6 is 0 Å². The highest BCUT2D eigenvalue weighted by Crippen LogP contribution is 2.61. The summed E-state index contributed by atoms with van der Waals surface area (Å²) in [6.45, 7) is 0. The van der Waals surface area contributed by atoms with E-state index in [0.717, 1.165) is 17.8 Å². The van der Waals surface area contributed by atoms with Gasteiger partial charge in [-0.2, -0.15) is 0 Å². The van der Waals surface area contributed by atoms with Crippen LogP contribution in [-0.4, -0.2) is 31.6 Å². The Hall–Kier alpha value is -0.0900. The molecule has 4 rings (SSSR count). The molecular formula is C15H26O3S. The molecule has 0 spiro atoms. The fourth-order valence-corrected chi connectivity index (χ4v) is 6.12. The van der Waals surface area contributed by atoms with Gasteiger partial charge >= 0.3 is 0 Å². The van der Waals surface area contributed by atoms with Gasteiger partial charge < -0.3 is 5.11 Å². The van der Waals surface area contributed by atoms with E-state index in [1.807, 2.05) is 0 Å². The van der Waals surface area contributed by atoms with Crippen LogP contribution < -0.4 is 0 Å². The van der Waals surface area contributed by atoms with Crippen molar-refractivity contribution < 1.29 is 13.5 Å². The third-order valence-electron chi connectivity index (χ3n) is 5.79. The molecule has 0 aromatic heterocycles. The van der Waals surface area contributed by atoms with Crippen molar-refractivity contribution >= 4 is 9.84 Å². The van der Waals surface area contributed by atoms with Crippen molar-refractivity contribution in [1.82, 2.24) is 0 Å². The molecule has 4 heteroatoms. The van der Waals surface area contributed by atoms with Crippen LogP contribution in [0.3, 0.4) is 0 Å². The topological polar surface area (TPSA) is 54.4 Å². The summed E-state index contributed by atoms with van der Waals surface area (Å²) in [5.41, 5.74) is 0.145. The van der Waals surface area contributed by atoms with Crippen LogP contribution in [0.4, 0.5) is 0 Å². The van der Waals surface area contributed by atoms with Gasteiger partial charge in [0.05, 0.1) is 6.10 Å². The second kappa shape index (κ2) is 4.73. The Morgan fingerprint density at radius 1 is 1.11 bits per heavy atom. The van der Waals surface area contributed by atoms with Gasteiger partial charge in [-0.05, 0) is 74.5 Å². The van der Waals surface area contributed by atoms with Gasteiger partial charge in [0.15, 0.2) is 0 Å². The molecule has 0 aliphatic heterocycles. The van der Waals surface area contributed by atoms with E-state index in [4.69, 9.17) is 0 Å². The average molecular weight is 286 g/mol. The highest BCUT2D eigenvalue weighted by atomic mass is 32.2. The molecule has 0 saturated heterocycles. The lowest BCUT2D eigenvalue weighted by molar-refractivity contribution is -0.122. The molecule has 3 nitrogen and oxygen atoms in total. The van der Waals surface area contributed by atoms with Crippen molar-refractivity contribution in [3.8, 4) is 0 Å². The second-order valence-corrected chi connectivity index (χ2v) is 9.83. The average Bonchev–Trinajstić information content (AvgIpc) is 2.25. The van der Waals surface area contributed by atoms with Crippen LogP contribution in [0, 0.1) is 23.2 Å². The summed E-state index contributed by atoms with van der Waals surface area (Å²) in [4.78, 5) is 0. The lowest BCUT2D eigenvalue weighted by atomic mass is 9.48. The first-order valence-corrected chi connectivity index (χ1v) is 9.78. The maximum absolute atomic E-state index is 11.2. The molecule has 0 radical (unpaired) electrons. The quantitative estimate of drug-likeness (QED) is 0.844. The van der Waals surface area contributed by atoms with Gasteiger partial charge in [-0.25, -0.2) is 8.42 Å². The minimum Gasteiger partial charge on any atom is -0.393 e. The zero-order chi connectivity index (χ0) is 13.7. The molecular weight excluding hydrogens is 260 g/mol. The maximum Gasteiger partial charge on any atom is 0.147 e. The van der Waals surface area contributed by atoms with E-state index < -0.39 is 9.84 Å². The number of aliphatic hydroxyl groups is 1. The largest absolute Gasteiger partial charge is 0.393 e. The van der Waals surface area contributed by atoms with Crippen molar-refractivity contribution in [1.29, 1.82) is 0 Å². The van der Waals surface area contributed by atoms with Gasteiger partial charge in [-0.1, -0.05) is 0 Å². The van der Waals surface area contributed by atoms with Gasteiger partial charge in [-0.3, -0.25) is 0 Å². The van der Waals surface area contributed by atoms with Crippen LogP contribution in [0.25, 0.3) is 0 Å². The Balaban J connectivity index is 1.61. The first-order chi connectivity index (χ1) is 8.86. The lowest BCUT2D eigenvalue weighted by Gasteiger charge is -2.58. The summed E-state index contributed by atoms with van der Waals surface area (Å²) in [7, 11) is -2.89.